The second kappa shape index (κ2) is 5.18. The molecule has 3 aromatic heterocycles. The molecule has 0 bridgehead atoms. The summed E-state index contributed by atoms with van der Waals surface area (Å²) in [7, 11) is -2.02. The lowest BCUT2D eigenvalue weighted by Gasteiger charge is -2.17. The summed E-state index contributed by atoms with van der Waals surface area (Å²) in [5.74, 6) is 0.670. The van der Waals surface area contributed by atoms with Crippen LogP contribution in [0.5, 0.6) is 0 Å². The number of nitrogens with zero attached hydrogens (tertiary/aromatic N) is 5. The number of sulfonamides is 1. The standard InChI is InChI=1S/C12H11ClN6O2S/c1-19(22(2,20)21)12-7(4-3-5-14-12)10-17-8-9(13)15-6-16-11(8)18-10/h3-6H,1-2H3,(H,15,16,17,18). The number of H-pyrrole nitrogens is 1. The molecule has 3 heterocycles. The molecule has 0 spiro atoms. The van der Waals surface area contributed by atoms with E-state index in [1.54, 1.807) is 12.1 Å². The minimum Gasteiger partial charge on any atom is -0.334 e. The molecule has 3 rings (SSSR count). The van der Waals surface area contributed by atoms with Crippen molar-refractivity contribution >= 4 is 38.6 Å². The van der Waals surface area contributed by atoms with Crippen molar-refractivity contribution in [2.24, 2.45) is 0 Å². The van der Waals surface area contributed by atoms with Gasteiger partial charge in [-0.05, 0) is 12.1 Å². The summed E-state index contributed by atoms with van der Waals surface area (Å²) < 4.78 is 24.6. The summed E-state index contributed by atoms with van der Waals surface area (Å²) in [5, 5.41) is 0.241. The number of halogens is 1. The SMILES string of the molecule is CN(c1ncccc1-c1nc2ncnc(Cl)c2[nH]1)S(C)(=O)=O. The summed E-state index contributed by atoms with van der Waals surface area (Å²) in [4.78, 5) is 19.3. The molecule has 0 aliphatic carbocycles. The molecule has 8 nitrogen and oxygen atoms in total. The molecule has 0 atom stereocenters. The first-order valence-corrected chi connectivity index (χ1v) is 8.36. The van der Waals surface area contributed by atoms with Crippen LogP contribution in [0.4, 0.5) is 5.82 Å². The highest BCUT2D eigenvalue weighted by atomic mass is 35.5. The number of fused-ring (bicyclic) bond motifs is 1. The van der Waals surface area contributed by atoms with Crippen LogP contribution >= 0.6 is 11.6 Å². The van der Waals surface area contributed by atoms with Crippen molar-refractivity contribution in [3.05, 3.63) is 29.8 Å². The zero-order valence-corrected chi connectivity index (χ0v) is 13.2. The fourth-order valence-electron chi connectivity index (χ4n) is 1.92. The average Bonchev–Trinajstić information content (AvgIpc) is 2.91. The van der Waals surface area contributed by atoms with Crippen molar-refractivity contribution in [2.75, 3.05) is 17.6 Å². The maximum Gasteiger partial charge on any atom is 0.233 e. The third kappa shape index (κ3) is 2.48. The van der Waals surface area contributed by atoms with E-state index in [2.05, 4.69) is 24.9 Å². The summed E-state index contributed by atoms with van der Waals surface area (Å²) in [6, 6.07) is 3.40. The van der Waals surface area contributed by atoms with Crippen LogP contribution < -0.4 is 4.31 Å². The Morgan fingerprint density at radius 2 is 2.05 bits per heavy atom. The van der Waals surface area contributed by atoms with E-state index < -0.39 is 10.0 Å². The van der Waals surface area contributed by atoms with Crippen LogP contribution in [0.1, 0.15) is 0 Å². The number of aromatic amines is 1. The van der Waals surface area contributed by atoms with Crippen molar-refractivity contribution in [1.29, 1.82) is 0 Å². The zero-order chi connectivity index (χ0) is 15.9. The molecule has 1 N–H and O–H groups in total. The molecule has 0 radical (unpaired) electrons. The molecule has 22 heavy (non-hydrogen) atoms. The first kappa shape index (κ1) is 14.7. The van der Waals surface area contributed by atoms with Crippen molar-refractivity contribution in [1.82, 2.24) is 24.9 Å². The van der Waals surface area contributed by atoms with Crippen LogP contribution in [0.25, 0.3) is 22.6 Å². The molecule has 0 saturated heterocycles. The fourth-order valence-corrected chi connectivity index (χ4v) is 2.55. The highest BCUT2D eigenvalue weighted by molar-refractivity contribution is 7.92. The Bertz CT molecular complexity index is 955. The Labute approximate surface area is 131 Å². The average molecular weight is 339 g/mol. The number of rotatable bonds is 3. The van der Waals surface area contributed by atoms with E-state index in [1.165, 1.54) is 19.6 Å². The summed E-state index contributed by atoms with van der Waals surface area (Å²) in [6.45, 7) is 0. The molecule has 114 valence electrons. The van der Waals surface area contributed by atoms with E-state index in [-0.39, 0.29) is 11.0 Å². The number of anilines is 1. The van der Waals surface area contributed by atoms with Crippen molar-refractivity contribution in [3.8, 4) is 11.4 Å². The highest BCUT2D eigenvalue weighted by Crippen LogP contribution is 2.29. The largest absolute Gasteiger partial charge is 0.334 e. The number of hydrogen-bond donors (Lipinski definition) is 1. The molecular formula is C12H11ClN6O2S. The molecular weight excluding hydrogens is 328 g/mol. The third-order valence-corrected chi connectivity index (χ3v) is 4.53. The predicted octanol–water partition coefficient (Wildman–Crippen LogP) is 1.46. The maximum absolute atomic E-state index is 11.8. The van der Waals surface area contributed by atoms with Crippen LogP contribution in [-0.4, -0.2) is 46.6 Å². The Morgan fingerprint density at radius 1 is 1.27 bits per heavy atom. The topological polar surface area (TPSA) is 105 Å². The van der Waals surface area contributed by atoms with E-state index in [4.69, 9.17) is 11.6 Å². The van der Waals surface area contributed by atoms with Gasteiger partial charge in [-0.2, -0.15) is 0 Å². The van der Waals surface area contributed by atoms with E-state index in [9.17, 15) is 8.42 Å². The molecule has 3 aromatic rings. The van der Waals surface area contributed by atoms with Gasteiger partial charge in [0.15, 0.2) is 16.6 Å². The Morgan fingerprint density at radius 3 is 2.73 bits per heavy atom. The lowest BCUT2D eigenvalue weighted by atomic mass is 10.2. The lowest BCUT2D eigenvalue weighted by Crippen LogP contribution is -2.26. The van der Waals surface area contributed by atoms with Crippen LogP contribution in [0.2, 0.25) is 5.15 Å². The molecule has 0 aliphatic heterocycles. The first-order valence-electron chi connectivity index (χ1n) is 6.13. The number of nitrogens with one attached hydrogen (secondary N) is 1. The van der Waals surface area contributed by atoms with Gasteiger partial charge in [0.05, 0.1) is 11.8 Å². The molecule has 0 unspecified atom stereocenters. The molecule has 0 amide bonds. The normalized spacial score (nSPS) is 11.8. The first-order chi connectivity index (χ1) is 10.4. The van der Waals surface area contributed by atoms with Gasteiger partial charge in [-0.25, -0.2) is 28.4 Å². The van der Waals surface area contributed by atoms with Gasteiger partial charge in [0.1, 0.15) is 17.7 Å². The van der Waals surface area contributed by atoms with Crippen molar-refractivity contribution < 1.29 is 8.42 Å². The van der Waals surface area contributed by atoms with E-state index >= 15 is 0 Å². The quantitative estimate of drug-likeness (QED) is 0.725. The van der Waals surface area contributed by atoms with E-state index in [1.807, 2.05) is 0 Å². The molecule has 0 saturated carbocycles. The number of aromatic nitrogens is 5. The molecule has 10 heteroatoms. The minimum absolute atomic E-state index is 0.241. The van der Waals surface area contributed by atoms with Gasteiger partial charge >= 0.3 is 0 Å². The van der Waals surface area contributed by atoms with Gasteiger partial charge in [-0.3, -0.25) is 4.31 Å². The van der Waals surface area contributed by atoms with Gasteiger partial charge in [-0.1, -0.05) is 11.6 Å². The second-order valence-corrected chi connectivity index (χ2v) is 6.93. The highest BCUT2D eigenvalue weighted by Gasteiger charge is 2.20. The summed E-state index contributed by atoms with van der Waals surface area (Å²) in [5.41, 5.74) is 1.40. The predicted molar refractivity (Wildman–Crippen MR) is 83.2 cm³/mol. The third-order valence-electron chi connectivity index (χ3n) is 3.08. The van der Waals surface area contributed by atoms with Crippen LogP contribution in [0.15, 0.2) is 24.7 Å². The summed E-state index contributed by atoms with van der Waals surface area (Å²) in [6.07, 6.45) is 3.92. The van der Waals surface area contributed by atoms with Crippen LogP contribution in [0, 0.1) is 0 Å². The number of pyridine rings is 1. The maximum atomic E-state index is 11.8. The summed E-state index contributed by atoms with van der Waals surface area (Å²) >= 11 is 5.99. The van der Waals surface area contributed by atoms with Crippen molar-refractivity contribution in [2.45, 2.75) is 0 Å². The van der Waals surface area contributed by atoms with Crippen LogP contribution in [-0.2, 0) is 10.0 Å². The van der Waals surface area contributed by atoms with Gasteiger partial charge in [-0.15, -0.1) is 0 Å². The number of imidazole rings is 1. The van der Waals surface area contributed by atoms with E-state index in [0.717, 1.165) is 10.6 Å². The lowest BCUT2D eigenvalue weighted by molar-refractivity contribution is 0.600. The van der Waals surface area contributed by atoms with E-state index in [0.29, 0.717) is 22.6 Å². The van der Waals surface area contributed by atoms with Gasteiger partial charge in [0.25, 0.3) is 0 Å². The van der Waals surface area contributed by atoms with Crippen molar-refractivity contribution in [3.63, 3.8) is 0 Å². The second-order valence-electron chi connectivity index (χ2n) is 4.55. The number of hydrogen-bond acceptors (Lipinski definition) is 6. The molecule has 0 aliphatic rings. The molecule has 0 fully saturated rings. The Balaban J connectivity index is 2.21. The van der Waals surface area contributed by atoms with Gasteiger partial charge in [0, 0.05) is 13.2 Å². The zero-order valence-electron chi connectivity index (χ0n) is 11.6. The van der Waals surface area contributed by atoms with Gasteiger partial charge in [0.2, 0.25) is 10.0 Å². The molecule has 0 aromatic carbocycles. The smallest absolute Gasteiger partial charge is 0.233 e. The van der Waals surface area contributed by atoms with Crippen LogP contribution in [0.3, 0.4) is 0 Å². The Kier molecular flexibility index (Phi) is 3.45. The van der Waals surface area contributed by atoms with Gasteiger partial charge < -0.3 is 4.98 Å². The monoisotopic (exact) mass is 338 g/mol. The fraction of sp³-hybridized carbons (Fsp3) is 0.167. The Hall–Kier alpha value is -2.26. The minimum atomic E-state index is -3.45.